The number of carbonyl (C=O) groups is 2. The SMILES string of the molecule is Cc1ccc(NC(=O)Cc2csc(NC(=O)Nc3ccc(Cl)cc3)n2)c(C)c1. The van der Waals surface area contributed by atoms with Crippen LogP contribution in [0.5, 0.6) is 0 Å². The van der Waals surface area contributed by atoms with Crippen molar-refractivity contribution < 1.29 is 9.59 Å². The van der Waals surface area contributed by atoms with E-state index >= 15 is 0 Å². The van der Waals surface area contributed by atoms with Crippen molar-refractivity contribution in [2.75, 3.05) is 16.0 Å². The van der Waals surface area contributed by atoms with Gasteiger partial charge in [-0.2, -0.15) is 0 Å². The molecule has 1 aromatic heterocycles. The third-order valence-electron chi connectivity index (χ3n) is 3.87. The Morgan fingerprint density at radius 2 is 1.79 bits per heavy atom. The van der Waals surface area contributed by atoms with Crippen LogP contribution in [0.4, 0.5) is 21.3 Å². The molecule has 0 saturated carbocycles. The molecule has 0 saturated heterocycles. The largest absolute Gasteiger partial charge is 0.326 e. The summed E-state index contributed by atoms with van der Waals surface area (Å²) in [6, 6.07) is 12.2. The zero-order valence-corrected chi connectivity index (χ0v) is 16.9. The van der Waals surface area contributed by atoms with Crippen LogP contribution in [0.2, 0.25) is 5.02 Å². The Kier molecular flexibility index (Phi) is 6.28. The lowest BCUT2D eigenvalue weighted by molar-refractivity contribution is -0.115. The summed E-state index contributed by atoms with van der Waals surface area (Å²) < 4.78 is 0. The van der Waals surface area contributed by atoms with E-state index < -0.39 is 6.03 Å². The van der Waals surface area contributed by atoms with Crippen LogP contribution in [-0.4, -0.2) is 16.9 Å². The van der Waals surface area contributed by atoms with Crippen molar-refractivity contribution in [2.24, 2.45) is 0 Å². The molecule has 28 heavy (non-hydrogen) atoms. The molecular weight excluding hydrogens is 396 g/mol. The molecule has 0 unspecified atom stereocenters. The van der Waals surface area contributed by atoms with Crippen LogP contribution in [0, 0.1) is 13.8 Å². The lowest BCUT2D eigenvalue weighted by Crippen LogP contribution is -2.19. The molecule has 8 heteroatoms. The van der Waals surface area contributed by atoms with Crippen LogP contribution in [0.3, 0.4) is 0 Å². The fourth-order valence-corrected chi connectivity index (χ4v) is 3.38. The number of benzene rings is 2. The number of aryl methyl sites for hydroxylation is 2. The maximum atomic E-state index is 12.3. The summed E-state index contributed by atoms with van der Waals surface area (Å²) in [4.78, 5) is 28.6. The summed E-state index contributed by atoms with van der Waals surface area (Å²) in [6.07, 6.45) is 0.129. The molecule has 0 aliphatic rings. The van der Waals surface area contributed by atoms with Gasteiger partial charge in [-0.15, -0.1) is 11.3 Å². The minimum Gasteiger partial charge on any atom is -0.326 e. The van der Waals surface area contributed by atoms with E-state index in [1.54, 1.807) is 29.6 Å². The quantitative estimate of drug-likeness (QED) is 0.534. The summed E-state index contributed by atoms with van der Waals surface area (Å²) in [5.74, 6) is -0.158. The Hall–Kier alpha value is -2.90. The van der Waals surface area contributed by atoms with Crippen LogP contribution >= 0.6 is 22.9 Å². The van der Waals surface area contributed by atoms with Gasteiger partial charge in [-0.25, -0.2) is 9.78 Å². The molecule has 2 aromatic carbocycles. The maximum Gasteiger partial charge on any atom is 0.325 e. The molecule has 6 nitrogen and oxygen atoms in total. The number of nitrogens with zero attached hydrogens (tertiary/aromatic N) is 1. The first-order valence-corrected chi connectivity index (χ1v) is 9.80. The van der Waals surface area contributed by atoms with Gasteiger partial charge in [0, 0.05) is 21.8 Å². The molecular formula is C20H19ClN4O2S. The lowest BCUT2D eigenvalue weighted by Gasteiger charge is -2.08. The predicted molar refractivity (Wildman–Crippen MR) is 114 cm³/mol. The van der Waals surface area contributed by atoms with Crippen molar-refractivity contribution in [1.29, 1.82) is 0 Å². The molecule has 3 rings (SSSR count). The molecule has 0 fully saturated rings. The molecule has 3 amide bonds. The topological polar surface area (TPSA) is 83.1 Å². The van der Waals surface area contributed by atoms with Gasteiger partial charge in [0.25, 0.3) is 0 Å². The van der Waals surface area contributed by atoms with Gasteiger partial charge in [-0.1, -0.05) is 29.3 Å². The number of halogens is 1. The number of aromatic nitrogens is 1. The van der Waals surface area contributed by atoms with Gasteiger partial charge in [-0.3, -0.25) is 10.1 Å². The van der Waals surface area contributed by atoms with E-state index in [-0.39, 0.29) is 12.3 Å². The number of hydrogen-bond acceptors (Lipinski definition) is 4. The van der Waals surface area contributed by atoms with Crippen molar-refractivity contribution in [1.82, 2.24) is 4.98 Å². The van der Waals surface area contributed by atoms with E-state index in [4.69, 9.17) is 11.6 Å². The molecule has 3 aromatic rings. The van der Waals surface area contributed by atoms with Crippen molar-refractivity contribution in [2.45, 2.75) is 20.3 Å². The van der Waals surface area contributed by atoms with E-state index in [9.17, 15) is 9.59 Å². The number of hydrogen-bond donors (Lipinski definition) is 3. The molecule has 1 heterocycles. The van der Waals surface area contributed by atoms with E-state index in [0.717, 1.165) is 16.8 Å². The first-order valence-electron chi connectivity index (χ1n) is 8.54. The Balaban J connectivity index is 1.53. The molecule has 0 radical (unpaired) electrons. The van der Waals surface area contributed by atoms with Crippen molar-refractivity contribution in [3.8, 4) is 0 Å². The summed E-state index contributed by atoms with van der Waals surface area (Å²) in [6.45, 7) is 3.96. The average Bonchev–Trinajstić information content (AvgIpc) is 3.06. The fraction of sp³-hybridized carbons (Fsp3) is 0.150. The van der Waals surface area contributed by atoms with E-state index in [1.807, 2.05) is 32.0 Å². The summed E-state index contributed by atoms with van der Waals surface area (Å²) in [5, 5.41) is 11.0. The molecule has 0 aliphatic carbocycles. The van der Waals surface area contributed by atoms with Gasteiger partial charge >= 0.3 is 6.03 Å². The number of thiazole rings is 1. The Labute approximate surface area is 172 Å². The molecule has 0 bridgehead atoms. The number of carbonyl (C=O) groups excluding carboxylic acids is 2. The number of rotatable bonds is 5. The Morgan fingerprint density at radius 1 is 1.04 bits per heavy atom. The van der Waals surface area contributed by atoms with Crippen LogP contribution in [0.1, 0.15) is 16.8 Å². The second-order valence-electron chi connectivity index (χ2n) is 6.27. The Morgan fingerprint density at radius 3 is 2.50 bits per heavy atom. The van der Waals surface area contributed by atoms with Crippen LogP contribution < -0.4 is 16.0 Å². The number of nitrogens with one attached hydrogen (secondary N) is 3. The lowest BCUT2D eigenvalue weighted by atomic mass is 10.1. The smallest absolute Gasteiger partial charge is 0.325 e. The monoisotopic (exact) mass is 414 g/mol. The molecule has 0 aliphatic heterocycles. The van der Waals surface area contributed by atoms with Gasteiger partial charge in [0.1, 0.15) is 0 Å². The third-order valence-corrected chi connectivity index (χ3v) is 4.93. The van der Waals surface area contributed by atoms with Crippen molar-refractivity contribution in [3.63, 3.8) is 0 Å². The zero-order valence-electron chi connectivity index (χ0n) is 15.4. The minimum absolute atomic E-state index is 0.129. The minimum atomic E-state index is -0.414. The first-order chi connectivity index (χ1) is 13.4. The average molecular weight is 415 g/mol. The summed E-state index contributed by atoms with van der Waals surface area (Å²) in [7, 11) is 0. The summed E-state index contributed by atoms with van der Waals surface area (Å²) in [5.41, 5.74) is 4.14. The van der Waals surface area contributed by atoms with Gasteiger partial charge in [0.15, 0.2) is 5.13 Å². The van der Waals surface area contributed by atoms with E-state index in [1.165, 1.54) is 11.3 Å². The highest BCUT2D eigenvalue weighted by Crippen LogP contribution is 2.19. The molecule has 3 N–H and O–H groups in total. The molecule has 144 valence electrons. The standard InChI is InChI=1S/C20H19ClN4O2S/c1-12-3-8-17(13(2)9-12)24-18(26)10-16-11-28-20(23-16)25-19(27)22-15-6-4-14(21)5-7-15/h3-9,11H,10H2,1-2H3,(H,24,26)(H2,22,23,25,27). The third kappa shape index (κ3) is 5.55. The highest BCUT2D eigenvalue weighted by atomic mass is 35.5. The van der Waals surface area contributed by atoms with E-state index in [0.29, 0.717) is 21.5 Å². The van der Waals surface area contributed by atoms with E-state index in [2.05, 4.69) is 20.9 Å². The van der Waals surface area contributed by atoms with Gasteiger partial charge < -0.3 is 10.6 Å². The first kappa shape index (κ1) is 19.9. The molecule has 0 spiro atoms. The van der Waals surface area contributed by atoms with Gasteiger partial charge in [0.2, 0.25) is 5.91 Å². The van der Waals surface area contributed by atoms with Crippen molar-refractivity contribution in [3.05, 3.63) is 69.7 Å². The molecule has 0 atom stereocenters. The number of urea groups is 1. The summed E-state index contributed by atoms with van der Waals surface area (Å²) >= 11 is 7.08. The number of anilines is 3. The van der Waals surface area contributed by atoms with Gasteiger partial charge in [0.05, 0.1) is 12.1 Å². The predicted octanol–water partition coefficient (Wildman–Crippen LogP) is 5.24. The highest BCUT2D eigenvalue weighted by molar-refractivity contribution is 7.14. The Bertz CT molecular complexity index is 1000. The second kappa shape index (κ2) is 8.86. The maximum absolute atomic E-state index is 12.3. The normalized spacial score (nSPS) is 10.4. The zero-order chi connectivity index (χ0) is 20.1. The van der Waals surface area contributed by atoms with Crippen LogP contribution in [0.15, 0.2) is 47.8 Å². The van der Waals surface area contributed by atoms with Crippen LogP contribution in [-0.2, 0) is 11.2 Å². The number of amides is 3. The van der Waals surface area contributed by atoms with Gasteiger partial charge in [-0.05, 0) is 49.7 Å². The van der Waals surface area contributed by atoms with Crippen LogP contribution in [0.25, 0.3) is 0 Å². The fourth-order valence-electron chi connectivity index (χ4n) is 2.55. The highest BCUT2D eigenvalue weighted by Gasteiger charge is 2.11. The van der Waals surface area contributed by atoms with Crippen molar-refractivity contribution >= 4 is 51.4 Å². The second-order valence-corrected chi connectivity index (χ2v) is 7.57.